The third-order valence-electron chi connectivity index (χ3n) is 6.17. The maximum absolute atomic E-state index is 2.68. The van der Waals surface area contributed by atoms with E-state index in [0.29, 0.717) is 0 Å². The maximum Gasteiger partial charge on any atom is 0.0504 e. The molecule has 24 heavy (non-hydrogen) atoms. The normalized spacial score (nSPS) is 16.6. The quantitative estimate of drug-likeness (QED) is 0.205. The summed E-state index contributed by atoms with van der Waals surface area (Å²) in [5.41, 5.74) is 1.15. The van der Waals surface area contributed by atoms with Crippen molar-refractivity contribution in [2.24, 2.45) is 0 Å². The lowest BCUT2D eigenvalue weighted by atomic mass is 10.0. The molecule has 1 saturated carbocycles. The van der Waals surface area contributed by atoms with E-state index in [4.69, 9.17) is 0 Å². The minimum atomic E-state index is -0.905. The van der Waals surface area contributed by atoms with Gasteiger partial charge in [0.2, 0.25) is 0 Å². The number of thioether (sulfide) groups is 1. The highest BCUT2D eigenvalue weighted by molar-refractivity contribution is 7.99. The lowest BCUT2D eigenvalue weighted by Crippen LogP contribution is -2.33. The first kappa shape index (κ1) is 22.6. The SMILES string of the molecule is CCCSCCCCCCCCCCC[Si](C)(C)C1CCCCC1. The van der Waals surface area contributed by atoms with E-state index in [0.717, 1.165) is 5.54 Å². The second-order valence-corrected chi connectivity index (χ2v) is 15.4. The molecule has 1 rings (SSSR count). The molecule has 144 valence electrons. The van der Waals surface area contributed by atoms with Crippen LogP contribution in [0.15, 0.2) is 0 Å². The van der Waals surface area contributed by atoms with Crippen molar-refractivity contribution in [3.8, 4) is 0 Å². The lowest BCUT2D eigenvalue weighted by molar-refractivity contribution is 0.489. The third-order valence-corrected chi connectivity index (χ3v) is 11.9. The van der Waals surface area contributed by atoms with Crippen LogP contribution in [0.25, 0.3) is 0 Å². The summed E-state index contributed by atoms with van der Waals surface area (Å²) in [6, 6.07) is 1.60. The first-order valence-corrected chi connectivity index (χ1v) is 15.7. The van der Waals surface area contributed by atoms with E-state index >= 15 is 0 Å². The van der Waals surface area contributed by atoms with Gasteiger partial charge in [0.25, 0.3) is 0 Å². The highest BCUT2D eigenvalue weighted by Crippen LogP contribution is 2.39. The number of hydrogen-bond acceptors (Lipinski definition) is 1. The van der Waals surface area contributed by atoms with Crippen LogP contribution in [-0.4, -0.2) is 19.6 Å². The lowest BCUT2D eigenvalue weighted by Gasteiger charge is -2.35. The number of hydrogen-bond donors (Lipinski definition) is 0. The van der Waals surface area contributed by atoms with E-state index < -0.39 is 8.07 Å². The van der Waals surface area contributed by atoms with Gasteiger partial charge >= 0.3 is 0 Å². The van der Waals surface area contributed by atoms with E-state index in [1.807, 2.05) is 0 Å². The summed E-state index contributed by atoms with van der Waals surface area (Å²) in [4.78, 5) is 0. The molecule has 0 amide bonds. The van der Waals surface area contributed by atoms with Crippen LogP contribution in [0.4, 0.5) is 0 Å². The monoisotopic (exact) mass is 370 g/mol. The third kappa shape index (κ3) is 11.2. The van der Waals surface area contributed by atoms with Crippen molar-refractivity contribution >= 4 is 19.8 Å². The minimum absolute atomic E-state index is 0.905. The van der Waals surface area contributed by atoms with E-state index in [2.05, 4.69) is 31.8 Å². The summed E-state index contributed by atoms with van der Waals surface area (Å²) in [5, 5.41) is 0. The predicted molar refractivity (Wildman–Crippen MR) is 118 cm³/mol. The van der Waals surface area contributed by atoms with Gasteiger partial charge in [-0.1, -0.05) is 110 Å². The largest absolute Gasteiger partial charge is 0.162 e. The molecule has 0 N–H and O–H groups in total. The van der Waals surface area contributed by atoms with Crippen LogP contribution < -0.4 is 0 Å². The molecule has 0 aromatic heterocycles. The number of unbranched alkanes of at least 4 members (excludes halogenated alkanes) is 8. The Bertz CT molecular complexity index is 271. The van der Waals surface area contributed by atoms with Crippen LogP contribution in [0.1, 0.15) is 103 Å². The first-order valence-electron chi connectivity index (χ1n) is 11.2. The fourth-order valence-electron chi connectivity index (χ4n) is 4.36. The topological polar surface area (TPSA) is 0 Å². The highest BCUT2D eigenvalue weighted by Gasteiger charge is 2.31. The Balaban J connectivity index is 1.84. The Morgan fingerprint density at radius 3 is 1.83 bits per heavy atom. The van der Waals surface area contributed by atoms with Gasteiger partial charge in [0, 0.05) is 0 Å². The molecule has 2 heteroatoms. The molecule has 0 bridgehead atoms. The molecule has 0 spiro atoms. The van der Waals surface area contributed by atoms with Gasteiger partial charge in [0.15, 0.2) is 0 Å². The van der Waals surface area contributed by atoms with Gasteiger partial charge in [-0.05, 0) is 29.9 Å². The van der Waals surface area contributed by atoms with Crippen LogP contribution in [0.2, 0.25) is 24.7 Å². The molecule has 0 atom stereocenters. The van der Waals surface area contributed by atoms with E-state index in [1.54, 1.807) is 18.9 Å². The van der Waals surface area contributed by atoms with Crippen molar-refractivity contribution in [2.75, 3.05) is 11.5 Å². The fourth-order valence-corrected chi connectivity index (χ4v) is 8.80. The molecule has 0 unspecified atom stereocenters. The van der Waals surface area contributed by atoms with Gasteiger partial charge in [0.1, 0.15) is 0 Å². The zero-order valence-corrected chi connectivity index (χ0v) is 19.0. The second-order valence-electron chi connectivity index (χ2n) is 8.87. The van der Waals surface area contributed by atoms with Crippen LogP contribution >= 0.6 is 11.8 Å². The van der Waals surface area contributed by atoms with Crippen LogP contribution in [0.3, 0.4) is 0 Å². The molecule has 0 aliphatic heterocycles. The van der Waals surface area contributed by atoms with Gasteiger partial charge < -0.3 is 0 Å². The molecule has 0 nitrogen and oxygen atoms in total. The molecule has 0 radical (unpaired) electrons. The Kier molecular flexibility index (Phi) is 13.9. The van der Waals surface area contributed by atoms with Crippen molar-refractivity contribution in [3.05, 3.63) is 0 Å². The summed E-state index contributed by atoms with van der Waals surface area (Å²) < 4.78 is 0. The molecule has 0 aromatic carbocycles. The highest BCUT2D eigenvalue weighted by atomic mass is 32.2. The van der Waals surface area contributed by atoms with Gasteiger partial charge in [0.05, 0.1) is 8.07 Å². The first-order chi connectivity index (χ1) is 11.7. The van der Waals surface area contributed by atoms with Crippen LogP contribution in [0, 0.1) is 0 Å². The fraction of sp³-hybridized carbons (Fsp3) is 1.00. The molecular weight excluding hydrogens is 324 g/mol. The smallest absolute Gasteiger partial charge is 0.0504 e. The van der Waals surface area contributed by atoms with E-state index in [9.17, 15) is 0 Å². The minimum Gasteiger partial charge on any atom is -0.162 e. The molecule has 1 aliphatic rings. The standard InChI is InChI=1S/C22H46SSi/c1-4-19-23-20-15-10-8-6-5-7-9-11-16-21-24(2,3)22-17-13-12-14-18-22/h22H,4-21H2,1-3H3. The maximum atomic E-state index is 2.68. The van der Waals surface area contributed by atoms with Gasteiger partial charge in [-0.25, -0.2) is 0 Å². The summed E-state index contributed by atoms with van der Waals surface area (Å²) >= 11 is 2.15. The van der Waals surface area contributed by atoms with Crippen molar-refractivity contribution in [1.82, 2.24) is 0 Å². The molecular formula is C22H46SSi. The molecule has 1 fully saturated rings. The molecule has 0 aromatic rings. The second kappa shape index (κ2) is 14.7. The van der Waals surface area contributed by atoms with Crippen LogP contribution in [-0.2, 0) is 0 Å². The van der Waals surface area contributed by atoms with Crippen molar-refractivity contribution in [2.45, 2.75) is 128 Å². The average Bonchev–Trinajstić information content (AvgIpc) is 2.60. The van der Waals surface area contributed by atoms with Crippen molar-refractivity contribution in [3.63, 3.8) is 0 Å². The Morgan fingerprint density at radius 1 is 0.708 bits per heavy atom. The Hall–Kier alpha value is 0.567. The predicted octanol–water partition coefficient (Wildman–Crippen LogP) is 8.68. The summed E-state index contributed by atoms with van der Waals surface area (Å²) in [6.07, 6.45) is 22.5. The van der Waals surface area contributed by atoms with E-state index in [1.165, 1.54) is 95.0 Å². The summed E-state index contributed by atoms with van der Waals surface area (Å²) in [7, 11) is -0.905. The van der Waals surface area contributed by atoms with Crippen molar-refractivity contribution < 1.29 is 0 Å². The summed E-state index contributed by atoms with van der Waals surface area (Å²) in [5.74, 6) is 2.76. The molecule has 0 heterocycles. The number of rotatable bonds is 15. The zero-order valence-electron chi connectivity index (χ0n) is 17.2. The van der Waals surface area contributed by atoms with E-state index in [-0.39, 0.29) is 0 Å². The molecule has 0 saturated heterocycles. The Labute approximate surface area is 159 Å². The summed E-state index contributed by atoms with van der Waals surface area (Å²) in [6.45, 7) is 7.65. The molecule has 1 aliphatic carbocycles. The van der Waals surface area contributed by atoms with Gasteiger partial charge in [-0.3, -0.25) is 0 Å². The van der Waals surface area contributed by atoms with Gasteiger partial charge in [-0.2, -0.15) is 11.8 Å². The average molecular weight is 371 g/mol. The van der Waals surface area contributed by atoms with Crippen molar-refractivity contribution in [1.29, 1.82) is 0 Å². The zero-order chi connectivity index (χ0) is 17.5. The van der Waals surface area contributed by atoms with Gasteiger partial charge in [-0.15, -0.1) is 0 Å². The van der Waals surface area contributed by atoms with Crippen LogP contribution in [0.5, 0.6) is 0 Å². The Morgan fingerprint density at radius 2 is 1.25 bits per heavy atom.